The lowest BCUT2D eigenvalue weighted by molar-refractivity contribution is 0.103. The maximum absolute atomic E-state index is 13.2. The summed E-state index contributed by atoms with van der Waals surface area (Å²) in [5.41, 5.74) is 3.01. The summed E-state index contributed by atoms with van der Waals surface area (Å²) in [6.45, 7) is 5.61. The number of rotatable bonds is 7. The molecule has 0 aromatic heterocycles. The van der Waals surface area contributed by atoms with Gasteiger partial charge >= 0.3 is 0 Å². The minimum atomic E-state index is -0.0157. The minimum Gasteiger partial charge on any atom is -0.507 e. The van der Waals surface area contributed by atoms with Crippen molar-refractivity contribution in [3.05, 3.63) is 58.7 Å². The van der Waals surface area contributed by atoms with Gasteiger partial charge in [0.15, 0.2) is 5.78 Å². The fraction of sp³-hybridized carbons (Fsp3) is 0.458. The van der Waals surface area contributed by atoms with Crippen molar-refractivity contribution in [1.82, 2.24) is 9.80 Å². The Morgan fingerprint density at radius 3 is 1.79 bits per heavy atom. The van der Waals surface area contributed by atoms with Gasteiger partial charge in [-0.15, -0.1) is 0 Å². The molecule has 29 heavy (non-hydrogen) atoms. The van der Waals surface area contributed by atoms with Crippen LogP contribution >= 0.6 is 0 Å². The highest BCUT2D eigenvalue weighted by atomic mass is 16.5. The van der Waals surface area contributed by atoms with Crippen molar-refractivity contribution < 1.29 is 14.6 Å². The first kappa shape index (κ1) is 19.9. The van der Waals surface area contributed by atoms with E-state index < -0.39 is 0 Å². The first-order valence-corrected chi connectivity index (χ1v) is 10.6. The molecule has 5 nitrogen and oxygen atoms in total. The lowest BCUT2D eigenvalue weighted by atomic mass is 9.97. The number of ketones is 1. The minimum absolute atomic E-state index is 0.0157. The van der Waals surface area contributed by atoms with Crippen LogP contribution < -0.4 is 4.74 Å². The quantitative estimate of drug-likeness (QED) is 0.724. The predicted molar refractivity (Wildman–Crippen MR) is 114 cm³/mol. The largest absolute Gasteiger partial charge is 0.507 e. The molecule has 2 heterocycles. The summed E-state index contributed by atoms with van der Waals surface area (Å²) in [7, 11) is 1.62. The number of likely N-dealkylation sites (tertiary alicyclic amines) is 2. The van der Waals surface area contributed by atoms with Crippen molar-refractivity contribution in [3.8, 4) is 11.5 Å². The summed E-state index contributed by atoms with van der Waals surface area (Å²) in [4.78, 5) is 17.9. The highest BCUT2D eigenvalue weighted by molar-refractivity contribution is 6.09. The molecule has 2 aromatic rings. The average Bonchev–Trinajstić information content (AvgIpc) is 3.44. The lowest BCUT2D eigenvalue weighted by Crippen LogP contribution is -2.21. The van der Waals surface area contributed by atoms with E-state index >= 15 is 0 Å². The van der Waals surface area contributed by atoms with Crippen LogP contribution in [0.1, 0.15) is 52.7 Å². The van der Waals surface area contributed by atoms with Crippen LogP contribution in [0.5, 0.6) is 11.5 Å². The van der Waals surface area contributed by atoms with E-state index in [0.717, 1.165) is 43.1 Å². The van der Waals surface area contributed by atoms with Gasteiger partial charge in [-0.3, -0.25) is 14.6 Å². The Labute approximate surface area is 172 Å². The number of carbonyl (C=O) groups is 1. The Bertz CT molecular complexity index is 812. The second-order valence-electron chi connectivity index (χ2n) is 8.17. The molecule has 0 atom stereocenters. The third kappa shape index (κ3) is 4.62. The summed E-state index contributed by atoms with van der Waals surface area (Å²) >= 11 is 0. The van der Waals surface area contributed by atoms with Gasteiger partial charge in [-0.1, -0.05) is 0 Å². The average molecular weight is 395 g/mol. The molecule has 4 rings (SSSR count). The van der Waals surface area contributed by atoms with Gasteiger partial charge in [-0.05, 0) is 88.3 Å². The van der Waals surface area contributed by atoms with Gasteiger partial charge in [-0.2, -0.15) is 0 Å². The van der Waals surface area contributed by atoms with Gasteiger partial charge < -0.3 is 9.84 Å². The molecule has 0 unspecified atom stereocenters. The van der Waals surface area contributed by atoms with Crippen LogP contribution in [0, 0.1) is 0 Å². The molecule has 1 N–H and O–H groups in total. The van der Waals surface area contributed by atoms with E-state index in [4.69, 9.17) is 4.74 Å². The van der Waals surface area contributed by atoms with E-state index in [1.807, 2.05) is 24.3 Å². The molecule has 2 fully saturated rings. The molecular weight excluding hydrogens is 364 g/mol. The lowest BCUT2D eigenvalue weighted by Gasteiger charge is -2.21. The standard InChI is InChI=1S/C24H30N2O3/c1-29-22-8-6-18(7-9-22)23(27)19-14-20(16-25-10-2-3-11-25)24(28)21(15-19)17-26-12-4-5-13-26/h6-9,14-15,28H,2-5,10-13,16-17H2,1H3. The van der Waals surface area contributed by atoms with Crippen molar-refractivity contribution in [2.75, 3.05) is 33.3 Å². The number of phenolic OH excluding ortho intramolecular Hbond substituents is 1. The Morgan fingerprint density at radius 1 is 0.862 bits per heavy atom. The van der Waals surface area contributed by atoms with Gasteiger partial charge in [0, 0.05) is 35.3 Å². The second-order valence-corrected chi connectivity index (χ2v) is 8.17. The van der Waals surface area contributed by atoms with Crippen molar-refractivity contribution in [3.63, 3.8) is 0 Å². The second kappa shape index (κ2) is 8.97. The summed E-state index contributed by atoms with van der Waals surface area (Å²) < 4.78 is 5.20. The molecule has 0 aliphatic carbocycles. The molecule has 0 radical (unpaired) electrons. The van der Waals surface area contributed by atoms with E-state index in [0.29, 0.717) is 30.0 Å². The Balaban J connectivity index is 1.65. The van der Waals surface area contributed by atoms with Crippen molar-refractivity contribution in [1.29, 1.82) is 0 Å². The SMILES string of the molecule is COc1ccc(C(=O)c2cc(CN3CCCC3)c(O)c(CN3CCCC3)c2)cc1. The Morgan fingerprint density at radius 2 is 1.34 bits per heavy atom. The molecule has 154 valence electrons. The number of methoxy groups -OCH3 is 1. The summed E-state index contributed by atoms with van der Waals surface area (Å²) in [6, 6.07) is 11.0. The molecular formula is C24H30N2O3. The first-order valence-electron chi connectivity index (χ1n) is 10.6. The predicted octanol–water partition coefficient (Wildman–Crippen LogP) is 3.82. The summed E-state index contributed by atoms with van der Waals surface area (Å²) in [5, 5.41) is 11.0. The van der Waals surface area contributed by atoms with Crippen LogP contribution in [0.3, 0.4) is 0 Å². The van der Waals surface area contributed by atoms with E-state index in [9.17, 15) is 9.90 Å². The monoisotopic (exact) mass is 394 g/mol. The molecule has 2 aromatic carbocycles. The summed E-state index contributed by atoms with van der Waals surface area (Å²) in [6.07, 6.45) is 4.80. The van der Waals surface area contributed by atoms with Gasteiger partial charge in [0.25, 0.3) is 0 Å². The molecule has 0 bridgehead atoms. The van der Waals surface area contributed by atoms with Crippen molar-refractivity contribution in [2.45, 2.75) is 38.8 Å². The number of carbonyl (C=O) groups excluding carboxylic acids is 1. The number of benzene rings is 2. The molecule has 0 spiro atoms. The van der Waals surface area contributed by atoms with Crippen molar-refractivity contribution in [2.24, 2.45) is 0 Å². The van der Waals surface area contributed by atoms with Crippen LogP contribution in [0.15, 0.2) is 36.4 Å². The maximum atomic E-state index is 13.2. The van der Waals surface area contributed by atoms with Crippen LogP contribution in [0.25, 0.3) is 0 Å². The third-order valence-corrected chi connectivity index (χ3v) is 6.07. The Hall–Kier alpha value is -2.37. The molecule has 5 heteroatoms. The molecule has 2 aliphatic rings. The normalized spacial score (nSPS) is 17.7. The fourth-order valence-corrected chi connectivity index (χ4v) is 4.40. The summed E-state index contributed by atoms with van der Waals surface area (Å²) in [5.74, 6) is 1.07. The van der Waals surface area contributed by atoms with E-state index in [-0.39, 0.29) is 5.78 Å². The number of nitrogens with zero attached hydrogens (tertiary/aromatic N) is 2. The molecule has 0 amide bonds. The zero-order valence-electron chi connectivity index (χ0n) is 17.2. The molecule has 2 saturated heterocycles. The smallest absolute Gasteiger partial charge is 0.193 e. The van der Waals surface area contributed by atoms with Crippen molar-refractivity contribution >= 4 is 5.78 Å². The van der Waals surface area contributed by atoms with Crippen LogP contribution in [0.2, 0.25) is 0 Å². The van der Waals surface area contributed by atoms with Gasteiger partial charge in [0.2, 0.25) is 0 Å². The number of hydrogen-bond acceptors (Lipinski definition) is 5. The van der Waals surface area contributed by atoms with Gasteiger partial charge in [0.1, 0.15) is 11.5 Å². The zero-order chi connectivity index (χ0) is 20.2. The van der Waals surface area contributed by atoms with Gasteiger partial charge in [0.05, 0.1) is 7.11 Å². The molecule has 0 saturated carbocycles. The molecule has 2 aliphatic heterocycles. The number of phenols is 1. The third-order valence-electron chi connectivity index (χ3n) is 6.07. The topological polar surface area (TPSA) is 53.0 Å². The van der Waals surface area contributed by atoms with E-state index in [1.165, 1.54) is 25.7 Å². The first-order chi connectivity index (χ1) is 14.1. The zero-order valence-corrected chi connectivity index (χ0v) is 17.2. The Kier molecular flexibility index (Phi) is 6.16. The number of ether oxygens (including phenoxy) is 1. The van der Waals surface area contributed by atoms with E-state index in [1.54, 1.807) is 19.2 Å². The van der Waals surface area contributed by atoms with E-state index in [2.05, 4.69) is 9.80 Å². The maximum Gasteiger partial charge on any atom is 0.193 e. The highest BCUT2D eigenvalue weighted by Gasteiger charge is 2.21. The fourth-order valence-electron chi connectivity index (χ4n) is 4.40. The number of aromatic hydroxyl groups is 1. The van der Waals surface area contributed by atoms with Gasteiger partial charge in [-0.25, -0.2) is 0 Å². The van der Waals surface area contributed by atoms with Crippen LogP contribution in [0.4, 0.5) is 0 Å². The van der Waals surface area contributed by atoms with Crippen LogP contribution in [-0.2, 0) is 13.1 Å². The number of hydrogen-bond donors (Lipinski definition) is 1. The van der Waals surface area contributed by atoms with Crippen LogP contribution in [-0.4, -0.2) is 54.0 Å². The highest BCUT2D eigenvalue weighted by Crippen LogP contribution is 2.30.